The molecule has 0 aliphatic carbocycles. The normalized spacial score (nSPS) is 11.9. The SMILES string of the molecule is CS(=O)(=O)c1ccccc1Oc1ccc(-c2ccc(S(N)(=O)=O)cc2)cc1. The molecule has 0 atom stereocenters. The third-order valence-electron chi connectivity index (χ3n) is 3.85. The fourth-order valence-electron chi connectivity index (χ4n) is 2.52. The van der Waals surface area contributed by atoms with Gasteiger partial charge in [0.15, 0.2) is 9.84 Å². The molecule has 3 aromatic carbocycles. The highest BCUT2D eigenvalue weighted by molar-refractivity contribution is 7.90. The van der Waals surface area contributed by atoms with Crippen molar-refractivity contribution < 1.29 is 21.6 Å². The number of sulfone groups is 1. The van der Waals surface area contributed by atoms with Gasteiger partial charge in [-0.15, -0.1) is 0 Å². The minimum atomic E-state index is -3.73. The Bertz CT molecular complexity index is 1170. The number of ether oxygens (including phenoxy) is 1. The third kappa shape index (κ3) is 4.54. The topological polar surface area (TPSA) is 104 Å². The Morgan fingerprint density at radius 1 is 0.741 bits per heavy atom. The van der Waals surface area contributed by atoms with Crippen LogP contribution in [0.2, 0.25) is 0 Å². The highest BCUT2D eigenvalue weighted by Crippen LogP contribution is 2.30. The van der Waals surface area contributed by atoms with Gasteiger partial charge in [-0.1, -0.05) is 36.4 Å². The van der Waals surface area contributed by atoms with Crippen molar-refractivity contribution in [3.63, 3.8) is 0 Å². The van der Waals surface area contributed by atoms with E-state index < -0.39 is 19.9 Å². The van der Waals surface area contributed by atoms with E-state index in [1.807, 2.05) is 0 Å². The molecule has 0 radical (unpaired) electrons. The van der Waals surface area contributed by atoms with Crippen molar-refractivity contribution in [2.24, 2.45) is 5.14 Å². The molecule has 2 N–H and O–H groups in total. The Kier molecular flexibility index (Phi) is 5.05. The van der Waals surface area contributed by atoms with E-state index in [4.69, 9.17) is 9.88 Å². The molecule has 0 aromatic heterocycles. The predicted molar refractivity (Wildman–Crippen MR) is 103 cm³/mol. The van der Waals surface area contributed by atoms with E-state index in [-0.39, 0.29) is 15.5 Å². The smallest absolute Gasteiger partial charge is 0.238 e. The van der Waals surface area contributed by atoms with E-state index >= 15 is 0 Å². The largest absolute Gasteiger partial charge is 0.456 e. The molecule has 0 saturated carbocycles. The number of para-hydroxylation sites is 1. The first-order valence-electron chi connectivity index (χ1n) is 7.85. The van der Waals surface area contributed by atoms with Gasteiger partial charge in [-0.3, -0.25) is 0 Å². The maximum atomic E-state index is 11.8. The molecule has 0 heterocycles. The van der Waals surface area contributed by atoms with Gasteiger partial charge < -0.3 is 4.74 Å². The Morgan fingerprint density at radius 2 is 1.26 bits per heavy atom. The number of hydrogen-bond acceptors (Lipinski definition) is 5. The van der Waals surface area contributed by atoms with Gasteiger partial charge in [0.25, 0.3) is 0 Å². The van der Waals surface area contributed by atoms with E-state index in [9.17, 15) is 16.8 Å². The average molecular weight is 403 g/mol. The number of rotatable bonds is 5. The van der Waals surface area contributed by atoms with Crippen LogP contribution in [0.25, 0.3) is 11.1 Å². The Labute approximate surface area is 158 Å². The van der Waals surface area contributed by atoms with Gasteiger partial charge in [0.2, 0.25) is 10.0 Å². The Morgan fingerprint density at radius 3 is 1.78 bits per heavy atom. The fraction of sp³-hybridized carbons (Fsp3) is 0.0526. The zero-order valence-electron chi connectivity index (χ0n) is 14.4. The van der Waals surface area contributed by atoms with Crippen LogP contribution in [-0.2, 0) is 19.9 Å². The van der Waals surface area contributed by atoms with Crippen molar-refractivity contribution in [3.05, 3.63) is 72.8 Å². The van der Waals surface area contributed by atoms with Crippen LogP contribution < -0.4 is 9.88 Å². The molecule has 0 spiro atoms. The molecule has 3 aromatic rings. The maximum Gasteiger partial charge on any atom is 0.238 e. The summed E-state index contributed by atoms with van der Waals surface area (Å²) in [7, 11) is -7.13. The van der Waals surface area contributed by atoms with Gasteiger partial charge in [0.1, 0.15) is 16.4 Å². The summed E-state index contributed by atoms with van der Waals surface area (Å²) in [5, 5.41) is 5.09. The molecule has 0 fully saturated rings. The highest BCUT2D eigenvalue weighted by Gasteiger charge is 2.14. The summed E-state index contributed by atoms with van der Waals surface area (Å²) >= 11 is 0. The molecule has 0 aliphatic rings. The van der Waals surface area contributed by atoms with Crippen LogP contribution in [0.1, 0.15) is 0 Å². The van der Waals surface area contributed by atoms with Gasteiger partial charge in [0, 0.05) is 6.26 Å². The second kappa shape index (κ2) is 7.15. The molecular weight excluding hydrogens is 386 g/mol. The standard InChI is InChI=1S/C19H17NO5S2/c1-26(21,22)19-5-3-2-4-18(19)25-16-10-6-14(7-11-16)15-8-12-17(13-9-15)27(20,23)24/h2-13H,1H3,(H2,20,23,24). The van der Waals surface area contributed by atoms with Gasteiger partial charge in [-0.2, -0.15) is 0 Å². The zero-order valence-corrected chi connectivity index (χ0v) is 16.0. The van der Waals surface area contributed by atoms with Crippen LogP contribution in [0, 0.1) is 0 Å². The summed E-state index contributed by atoms with van der Waals surface area (Å²) in [6.07, 6.45) is 1.13. The third-order valence-corrected chi connectivity index (χ3v) is 5.91. The summed E-state index contributed by atoms with van der Waals surface area (Å²) in [6, 6.07) is 19.6. The summed E-state index contributed by atoms with van der Waals surface area (Å²) in [6.45, 7) is 0. The van der Waals surface area contributed by atoms with Crippen molar-refractivity contribution >= 4 is 19.9 Å². The van der Waals surface area contributed by atoms with Gasteiger partial charge in [-0.25, -0.2) is 22.0 Å². The van der Waals surface area contributed by atoms with Crippen molar-refractivity contribution in [2.75, 3.05) is 6.26 Å². The maximum absolute atomic E-state index is 11.8. The van der Waals surface area contributed by atoms with Gasteiger partial charge in [0.05, 0.1) is 4.90 Å². The van der Waals surface area contributed by atoms with Crippen molar-refractivity contribution in [3.8, 4) is 22.6 Å². The highest BCUT2D eigenvalue weighted by atomic mass is 32.2. The van der Waals surface area contributed by atoms with Crippen LogP contribution in [0.4, 0.5) is 0 Å². The number of hydrogen-bond donors (Lipinski definition) is 1. The fourth-order valence-corrected chi connectivity index (χ4v) is 3.84. The first-order chi connectivity index (χ1) is 12.6. The lowest BCUT2D eigenvalue weighted by Gasteiger charge is -2.10. The Balaban J connectivity index is 1.85. The van der Waals surface area contributed by atoms with E-state index in [2.05, 4.69) is 0 Å². The summed E-state index contributed by atoms with van der Waals surface area (Å²) in [5.74, 6) is 0.737. The molecule has 0 amide bonds. The second-order valence-corrected chi connectivity index (χ2v) is 9.46. The van der Waals surface area contributed by atoms with Crippen LogP contribution in [0.5, 0.6) is 11.5 Å². The van der Waals surface area contributed by atoms with Crippen LogP contribution in [-0.4, -0.2) is 23.1 Å². The van der Waals surface area contributed by atoms with E-state index in [0.717, 1.165) is 17.4 Å². The molecule has 0 unspecified atom stereocenters. The van der Waals surface area contributed by atoms with Crippen LogP contribution in [0.3, 0.4) is 0 Å². The van der Waals surface area contributed by atoms with Crippen molar-refractivity contribution in [1.29, 1.82) is 0 Å². The lowest BCUT2D eigenvalue weighted by atomic mass is 10.1. The van der Waals surface area contributed by atoms with Crippen LogP contribution in [0.15, 0.2) is 82.6 Å². The van der Waals surface area contributed by atoms with Crippen molar-refractivity contribution in [2.45, 2.75) is 9.79 Å². The summed E-state index contributed by atoms with van der Waals surface area (Å²) in [5.41, 5.74) is 1.66. The monoisotopic (exact) mass is 403 g/mol. The molecule has 140 valence electrons. The second-order valence-electron chi connectivity index (χ2n) is 5.91. The molecule has 27 heavy (non-hydrogen) atoms. The molecule has 6 nitrogen and oxygen atoms in total. The van der Waals surface area contributed by atoms with E-state index in [0.29, 0.717) is 5.75 Å². The lowest BCUT2D eigenvalue weighted by molar-refractivity contribution is 0.468. The zero-order chi connectivity index (χ0) is 19.7. The molecular formula is C19H17NO5S2. The minimum absolute atomic E-state index is 0.0450. The van der Waals surface area contributed by atoms with Crippen molar-refractivity contribution in [1.82, 2.24) is 0 Å². The summed E-state index contributed by atoms with van der Waals surface area (Å²) in [4.78, 5) is 0.163. The Hall–Kier alpha value is -2.68. The molecule has 0 bridgehead atoms. The first-order valence-corrected chi connectivity index (χ1v) is 11.3. The molecule has 0 aliphatic heterocycles. The van der Waals surface area contributed by atoms with Crippen LogP contribution >= 0.6 is 0 Å². The summed E-state index contributed by atoms with van der Waals surface area (Å²) < 4.78 is 52.0. The number of sulfonamides is 1. The number of primary sulfonamides is 1. The van der Waals surface area contributed by atoms with E-state index in [1.54, 1.807) is 54.6 Å². The van der Waals surface area contributed by atoms with Gasteiger partial charge in [-0.05, 0) is 47.5 Å². The quantitative estimate of drug-likeness (QED) is 0.705. The van der Waals surface area contributed by atoms with E-state index in [1.165, 1.54) is 18.2 Å². The first kappa shape index (κ1) is 19.1. The minimum Gasteiger partial charge on any atom is -0.456 e. The lowest BCUT2D eigenvalue weighted by Crippen LogP contribution is -2.11. The predicted octanol–water partition coefficient (Wildman–Crippen LogP) is 3.20. The number of benzene rings is 3. The number of nitrogens with two attached hydrogens (primary N) is 1. The molecule has 3 rings (SSSR count). The average Bonchev–Trinajstić information content (AvgIpc) is 2.61. The molecule has 0 saturated heterocycles. The van der Waals surface area contributed by atoms with Gasteiger partial charge >= 0.3 is 0 Å². The molecule has 8 heteroatoms.